The maximum atomic E-state index is 11.2. The minimum Gasteiger partial charge on any atom is -0.480 e. The first-order valence-electron chi connectivity index (χ1n) is 4.70. The van der Waals surface area contributed by atoms with E-state index in [1.165, 1.54) is 0 Å². The molecule has 0 aliphatic rings. The van der Waals surface area contributed by atoms with E-state index in [9.17, 15) is 9.59 Å². The molecule has 0 spiro atoms. The lowest BCUT2D eigenvalue weighted by atomic mass is 10.2. The molecule has 0 aromatic rings. The van der Waals surface area contributed by atoms with Crippen molar-refractivity contribution in [3.8, 4) is 0 Å². The number of rotatable bonds is 8. The van der Waals surface area contributed by atoms with E-state index in [-0.39, 0.29) is 12.5 Å². The van der Waals surface area contributed by atoms with Crippen molar-refractivity contribution >= 4 is 23.6 Å². The Bertz CT molecular complexity index is 210. The first-order chi connectivity index (χ1) is 7.11. The van der Waals surface area contributed by atoms with Gasteiger partial charge in [-0.05, 0) is 25.4 Å². The summed E-state index contributed by atoms with van der Waals surface area (Å²) in [5.74, 6) is -0.689. The third kappa shape index (κ3) is 7.21. The predicted octanol–water partition coefficient (Wildman–Crippen LogP) is 0.345. The number of thioether (sulfide) groups is 1. The van der Waals surface area contributed by atoms with Gasteiger partial charge in [0.05, 0.1) is 0 Å². The van der Waals surface area contributed by atoms with Crippen LogP contribution in [0.3, 0.4) is 0 Å². The molecule has 0 aliphatic heterocycles. The van der Waals surface area contributed by atoms with Crippen molar-refractivity contribution in [2.75, 3.05) is 25.2 Å². The highest BCUT2D eigenvalue weighted by atomic mass is 32.2. The summed E-state index contributed by atoms with van der Waals surface area (Å²) < 4.78 is 4.87. The van der Waals surface area contributed by atoms with Gasteiger partial charge in [0.2, 0.25) is 5.91 Å². The molecule has 0 bridgehead atoms. The molecule has 5 nitrogen and oxygen atoms in total. The Kier molecular flexibility index (Phi) is 8.12. The minimum atomic E-state index is -1.01. The molecule has 6 heteroatoms. The van der Waals surface area contributed by atoms with Gasteiger partial charge in [-0.3, -0.25) is 4.79 Å². The summed E-state index contributed by atoms with van der Waals surface area (Å²) in [4.78, 5) is 21.9. The highest BCUT2D eigenvalue weighted by Crippen LogP contribution is 2.00. The molecule has 2 N–H and O–H groups in total. The number of carboxylic acid groups (broad SMARTS) is 1. The van der Waals surface area contributed by atoms with Crippen LogP contribution in [0, 0.1) is 0 Å². The molecule has 1 amide bonds. The Morgan fingerprint density at radius 1 is 1.53 bits per heavy atom. The average molecular weight is 235 g/mol. The van der Waals surface area contributed by atoms with E-state index in [4.69, 9.17) is 9.84 Å². The zero-order chi connectivity index (χ0) is 11.7. The SMILES string of the molecule is CCOCC(=O)N[C@H](CCSC)C(=O)O. The summed E-state index contributed by atoms with van der Waals surface area (Å²) in [7, 11) is 0. The van der Waals surface area contributed by atoms with Gasteiger partial charge >= 0.3 is 5.97 Å². The van der Waals surface area contributed by atoms with Crippen LogP contribution in [0.5, 0.6) is 0 Å². The first kappa shape index (κ1) is 14.2. The zero-order valence-corrected chi connectivity index (χ0v) is 9.80. The molecule has 15 heavy (non-hydrogen) atoms. The van der Waals surface area contributed by atoms with Gasteiger partial charge in [0, 0.05) is 6.61 Å². The van der Waals surface area contributed by atoms with Crippen LogP contribution in [0.1, 0.15) is 13.3 Å². The van der Waals surface area contributed by atoms with E-state index < -0.39 is 12.0 Å². The Morgan fingerprint density at radius 2 is 2.20 bits per heavy atom. The molecule has 0 aliphatic carbocycles. The van der Waals surface area contributed by atoms with Gasteiger partial charge in [0.25, 0.3) is 0 Å². The number of carbonyl (C=O) groups excluding carboxylic acids is 1. The number of nitrogens with one attached hydrogen (secondary N) is 1. The molecular formula is C9H17NO4S. The largest absolute Gasteiger partial charge is 0.480 e. The van der Waals surface area contributed by atoms with Crippen LogP contribution in [0.25, 0.3) is 0 Å². The van der Waals surface area contributed by atoms with E-state index in [0.29, 0.717) is 18.8 Å². The van der Waals surface area contributed by atoms with Crippen molar-refractivity contribution in [1.82, 2.24) is 5.32 Å². The van der Waals surface area contributed by atoms with Crippen LogP contribution < -0.4 is 5.32 Å². The van der Waals surface area contributed by atoms with E-state index in [2.05, 4.69) is 5.32 Å². The second-order valence-corrected chi connectivity index (χ2v) is 3.86. The molecule has 0 aromatic heterocycles. The predicted molar refractivity (Wildman–Crippen MR) is 59.1 cm³/mol. The molecule has 88 valence electrons. The Labute approximate surface area is 93.6 Å². The van der Waals surface area contributed by atoms with Crippen molar-refractivity contribution in [1.29, 1.82) is 0 Å². The summed E-state index contributed by atoms with van der Waals surface area (Å²) >= 11 is 1.55. The van der Waals surface area contributed by atoms with Crippen molar-refractivity contribution in [2.24, 2.45) is 0 Å². The van der Waals surface area contributed by atoms with E-state index in [1.54, 1.807) is 18.7 Å². The average Bonchev–Trinajstić information content (AvgIpc) is 2.20. The second-order valence-electron chi connectivity index (χ2n) is 2.88. The van der Waals surface area contributed by atoms with E-state index >= 15 is 0 Å². The summed E-state index contributed by atoms with van der Waals surface area (Å²) in [6.45, 7) is 2.13. The summed E-state index contributed by atoms with van der Waals surface area (Å²) in [6.07, 6.45) is 2.31. The Hall–Kier alpha value is -0.750. The number of ether oxygens (including phenoxy) is 1. The molecule has 0 aromatic carbocycles. The molecule has 0 heterocycles. The van der Waals surface area contributed by atoms with Gasteiger partial charge in [-0.15, -0.1) is 0 Å². The molecule has 0 fully saturated rings. The van der Waals surface area contributed by atoms with Crippen LogP contribution in [0.4, 0.5) is 0 Å². The van der Waals surface area contributed by atoms with E-state index in [1.807, 2.05) is 6.26 Å². The number of hydrogen-bond acceptors (Lipinski definition) is 4. The van der Waals surface area contributed by atoms with Gasteiger partial charge in [-0.2, -0.15) is 11.8 Å². The smallest absolute Gasteiger partial charge is 0.326 e. The lowest BCUT2D eigenvalue weighted by molar-refractivity contribution is -0.142. The highest BCUT2D eigenvalue weighted by molar-refractivity contribution is 7.98. The van der Waals surface area contributed by atoms with Gasteiger partial charge in [-0.1, -0.05) is 0 Å². The van der Waals surface area contributed by atoms with Crippen LogP contribution in [-0.2, 0) is 14.3 Å². The minimum absolute atomic E-state index is 0.0838. The molecule has 0 saturated carbocycles. The maximum absolute atomic E-state index is 11.2. The van der Waals surface area contributed by atoms with Gasteiger partial charge < -0.3 is 15.2 Å². The number of carboxylic acids is 1. The zero-order valence-electron chi connectivity index (χ0n) is 8.99. The highest BCUT2D eigenvalue weighted by Gasteiger charge is 2.18. The number of amides is 1. The van der Waals surface area contributed by atoms with Crippen molar-refractivity contribution < 1.29 is 19.4 Å². The number of aliphatic carboxylic acids is 1. The number of carbonyl (C=O) groups is 2. The van der Waals surface area contributed by atoms with Crippen LogP contribution >= 0.6 is 11.8 Å². The monoisotopic (exact) mass is 235 g/mol. The standard InChI is InChI=1S/C9H17NO4S/c1-3-14-6-8(11)10-7(9(12)13)4-5-15-2/h7H,3-6H2,1-2H3,(H,10,11)(H,12,13)/t7-/m1/s1. The molecule has 0 saturated heterocycles. The third-order valence-electron chi connectivity index (χ3n) is 1.68. The van der Waals surface area contributed by atoms with Gasteiger partial charge in [0.1, 0.15) is 12.6 Å². The molecular weight excluding hydrogens is 218 g/mol. The van der Waals surface area contributed by atoms with Gasteiger partial charge in [0.15, 0.2) is 0 Å². The van der Waals surface area contributed by atoms with Crippen molar-refractivity contribution in [2.45, 2.75) is 19.4 Å². The van der Waals surface area contributed by atoms with Crippen LogP contribution in [0.15, 0.2) is 0 Å². The third-order valence-corrected chi connectivity index (χ3v) is 2.33. The molecule has 0 rings (SSSR count). The second kappa shape index (κ2) is 8.55. The van der Waals surface area contributed by atoms with Crippen molar-refractivity contribution in [3.63, 3.8) is 0 Å². The summed E-state index contributed by atoms with van der Waals surface area (Å²) in [6, 6.07) is -0.814. The first-order valence-corrected chi connectivity index (χ1v) is 6.10. The fourth-order valence-electron chi connectivity index (χ4n) is 0.924. The Balaban J connectivity index is 3.93. The maximum Gasteiger partial charge on any atom is 0.326 e. The lowest BCUT2D eigenvalue weighted by Gasteiger charge is -2.13. The van der Waals surface area contributed by atoms with Gasteiger partial charge in [-0.25, -0.2) is 4.79 Å². The molecule has 0 radical (unpaired) electrons. The molecule has 0 unspecified atom stereocenters. The van der Waals surface area contributed by atoms with Crippen LogP contribution in [-0.4, -0.2) is 48.2 Å². The van der Waals surface area contributed by atoms with E-state index in [0.717, 1.165) is 0 Å². The quantitative estimate of drug-likeness (QED) is 0.634. The topological polar surface area (TPSA) is 75.6 Å². The normalized spacial score (nSPS) is 12.1. The lowest BCUT2D eigenvalue weighted by Crippen LogP contribution is -2.42. The Morgan fingerprint density at radius 3 is 2.67 bits per heavy atom. The summed E-state index contributed by atoms with van der Waals surface area (Å²) in [5.41, 5.74) is 0. The van der Waals surface area contributed by atoms with Crippen molar-refractivity contribution in [3.05, 3.63) is 0 Å². The number of hydrogen-bond donors (Lipinski definition) is 2. The fourth-order valence-corrected chi connectivity index (χ4v) is 1.40. The fraction of sp³-hybridized carbons (Fsp3) is 0.778. The summed E-state index contributed by atoms with van der Waals surface area (Å²) in [5, 5.41) is 11.2. The van der Waals surface area contributed by atoms with Crippen LogP contribution in [0.2, 0.25) is 0 Å². The molecule has 1 atom stereocenters.